The molecule has 1 amide bonds. The Labute approximate surface area is 166 Å². The molecule has 0 saturated heterocycles. The molecular formula is C21H27FN2O3S. The van der Waals surface area contributed by atoms with Gasteiger partial charge in [-0.1, -0.05) is 50.6 Å². The van der Waals surface area contributed by atoms with E-state index in [2.05, 4.69) is 5.32 Å². The zero-order chi connectivity index (χ0) is 20.9. The lowest BCUT2D eigenvalue weighted by Gasteiger charge is -2.20. The van der Waals surface area contributed by atoms with Crippen LogP contribution in [0.25, 0.3) is 0 Å². The molecule has 0 aromatic heterocycles. The summed E-state index contributed by atoms with van der Waals surface area (Å²) in [5.41, 5.74) is 1.73. The minimum Gasteiger partial charge on any atom is -0.345 e. The summed E-state index contributed by atoms with van der Waals surface area (Å²) in [7, 11) is -3.78. The first kappa shape index (κ1) is 22.0. The van der Waals surface area contributed by atoms with Crippen LogP contribution in [0, 0.1) is 12.7 Å². The number of nitrogens with zero attached hydrogens (tertiary/aromatic N) is 1. The molecular weight excluding hydrogens is 379 g/mol. The molecule has 28 heavy (non-hydrogen) atoms. The molecule has 0 spiro atoms. The van der Waals surface area contributed by atoms with E-state index in [0.717, 1.165) is 23.3 Å². The molecule has 0 aliphatic rings. The van der Waals surface area contributed by atoms with Crippen LogP contribution in [0.3, 0.4) is 0 Å². The van der Waals surface area contributed by atoms with E-state index in [1.807, 2.05) is 38.1 Å². The number of nitrogens with one attached hydrogen (secondary N) is 1. The molecule has 0 fully saturated rings. The van der Waals surface area contributed by atoms with Gasteiger partial charge in [-0.05, 0) is 37.1 Å². The van der Waals surface area contributed by atoms with Crippen LogP contribution >= 0.6 is 0 Å². The van der Waals surface area contributed by atoms with Gasteiger partial charge in [0.1, 0.15) is 5.82 Å². The van der Waals surface area contributed by atoms with E-state index < -0.39 is 21.7 Å². The molecule has 2 aromatic rings. The fourth-order valence-electron chi connectivity index (χ4n) is 3.01. The summed E-state index contributed by atoms with van der Waals surface area (Å²) in [6, 6.07) is 10.8. The van der Waals surface area contributed by atoms with Crippen LogP contribution in [-0.2, 0) is 10.0 Å². The van der Waals surface area contributed by atoms with Crippen molar-refractivity contribution in [2.24, 2.45) is 0 Å². The molecule has 1 atom stereocenters. The third-order valence-electron chi connectivity index (χ3n) is 4.72. The van der Waals surface area contributed by atoms with Crippen LogP contribution in [0.2, 0.25) is 0 Å². The number of halogens is 1. The summed E-state index contributed by atoms with van der Waals surface area (Å²) in [6.45, 7) is 7.94. The van der Waals surface area contributed by atoms with Gasteiger partial charge in [-0.25, -0.2) is 12.8 Å². The van der Waals surface area contributed by atoms with E-state index in [9.17, 15) is 17.6 Å². The van der Waals surface area contributed by atoms with Crippen molar-refractivity contribution in [2.75, 3.05) is 13.1 Å². The molecule has 0 aliphatic heterocycles. The zero-order valence-electron chi connectivity index (χ0n) is 16.7. The quantitative estimate of drug-likeness (QED) is 0.719. The van der Waals surface area contributed by atoms with Gasteiger partial charge < -0.3 is 5.32 Å². The number of amides is 1. The van der Waals surface area contributed by atoms with Gasteiger partial charge in [0.05, 0.1) is 16.5 Å². The van der Waals surface area contributed by atoms with Gasteiger partial charge in [0.2, 0.25) is 10.0 Å². The first-order valence-electron chi connectivity index (χ1n) is 9.41. The highest BCUT2D eigenvalue weighted by Gasteiger charge is 2.25. The third-order valence-corrected chi connectivity index (χ3v) is 6.76. The zero-order valence-corrected chi connectivity index (χ0v) is 17.5. The molecule has 1 unspecified atom stereocenters. The summed E-state index contributed by atoms with van der Waals surface area (Å²) in [4.78, 5) is 12.6. The molecule has 0 radical (unpaired) electrons. The van der Waals surface area contributed by atoms with Gasteiger partial charge in [-0.15, -0.1) is 0 Å². The number of hydrogen-bond acceptors (Lipinski definition) is 3. The monoisotopic (exact) mass is 406 g/mol. The number of rotatable bonds is 8. The molecule has 0 saturated carbocycles. The first-order valence-corrected chi connectivity index (χ1v) is 10.9. The molecule has 0 bridgehead atoms. The van der Waals surface area contributed by atoms with E-state index in [0.29, 0.717) is 19.5 Å². The Bertz CT molecular complexity index is 923. The van der Waals surface area contributed by atoms with Crippen molar-refractivity contribution in [2.45, 2.75) is 45.1 Å². The normalized spacial score (nSPS) is 12.8. The Morgan fingerprint density at radius 2 is 1.68 bits per heavy atom. The third kappa shape index (κ3) is 4.77. The van der Waals surface area contributed by atoms with E-state index in [-0.39, 0.29) is 16.5 Å². The maximum Gasteiger partial charge on any atom is 0.254 e. The summed E-state index contributed by atoms with van der Waals surface area (Å²) in [5, 5.41) is 2.81. The molecule has 152 valence electrons. The second-order valence-electron chi connectivity index (χ2n) is 6.58. The maximum atomic E-state index is 14.3. The fourth-order valence-corrected chi connectivity index (χ4v) is 4.49. The summed E-state index contributed by atoms with van der Waals surface area (Å²) >= 11 is 0. The molecule has 0 aliphatic carbocycles. The minimum absolute atomic E-state index is 0.0915. The molecule has 1 N–H and O–H groups in total. The second kappa shape index (κ2) is 9.30. The van der Waals surface area contributed by atoms with Crippen LogP contribution in [0.1, 0.15) is 54.7 Å². The molecule has 7 heteroatoms. The molecule has 2 aromatic carbocycles. The predicted molar refractivity (Wildman–Crippen MR) is 108 cm³/mol. The second-order valence-corrected chi connectivity index (χ2v) is 8.51. The van der Waals surface area contributed by atoms with Gasteiger partial charge in [-0.3, -0.25) is 4.79 Å². The van der Waals surface area contributed by atoms with Crippen molar-refractivity contribution in [3.8, 4) is 0 Å². The largest absolute Gasteiger partial charge is 0.345 e. The van der Waals surface area contributed by atoms with E-state index in [1.165, 1.54) is 10.4 Å². The van der Waals surface area contributed by atoms with Gasteiger partial charge in [0.15, 0.2) is 0 Å². The molecule has 5 nitrogen and oxygen atoms in total. The number of aryl methyl sites for hydroxylation is 1. The van der Waals surface area contributed by atoms with E-state index >= 15 is 0 Å². The van der Waals surface area contributed by atoms with Crippen LogP contribution in [0.5, 0.6) is 0 Å². The molecule has 0 heterocycles. The SMILES string of the molecule is CCC(NC(=O)c1cc(S(=O)(=O)N(CC)CC)ccc1F)c1ccc(C)cc1. The topological polar surface area (TPSA) is 66.5 Å². The standard InChI is InChI=1S/C21H27FN2O3S/c1-5-20(16-10-8-15(4)9-11-16)23-21(25)18-14-17(12-13-19(18)22)28(26,27)24(6-2)7-3/h8-14,20H,5-7H2,1-4H3,(H,23,25). The lowest BCUT2D eigenvalue weighted by molar-refractivity contribution is 0.0931. The minimum atomic E-state index is -3.78. The highest BCUT2D eigenvalue weighted by molar-refractivity contribution is 7.89. The number of carbonyl (C=O) groups is 1. The predicted octanol–water partition coefficient (Wildman–Crippen LogP) is 4.05. The van der Waals surface area contributed by atoms with Crippen LogP contribution in [0.4, 0.5) is 4.39 Å². The van der Waals surface area contributed by atoms with Gasteiger partial charge in [0, 0.05) is 13.1 Å². The van der Waals surface area contributed by atoms with Crippen molar-refractivity contribution < 1.29 is 17.6 Å². The number of hydrogen-bond donors (Lipinski definition) is 1. The van der Waals surface area contributed by atoms with Gasteiger partial charge in [-0.2, -0.15) is 4.31 Å². The van der Waals surface area contributed by atoms with Crippen molar-refractivity contribution >= 4 is 15.9 Å². The number of carbonyl (C=O) groups excluding carboxylic acids is 1. The Morgan fingerprint density at radius 3 is 2.21 bits per heavy atom. The smallest absolute Gasteiger partial charge is 0.254 e. The lowest BCUT2D eigenvalue weighted by atomic mass is 10.0. The Balaban J connectivity index is 2.33. The fraction of sp³-hybridized carbons (Fsp3) is 0.381. The van der Waals surface area contributed by atoms with Crippen molar-refractivity contribution in [3.63, 3.8) is 0 Å². The average Bonchev–Trinajstić information content (AvgIpc) is 2.67. The van der Waals surface area contributed by atoms with Crippen LogP contribution in [0.15, 0.2) is 47.4 Å². The Hall–Kier alpha value is -2.25. The van der Waals surface area contributed by atoms with Crippen molar-refractivity contribution in [1.29, 1.82) is 0 Å². The summed E-state index contributed by atoms with van der Waals surface area (Å²) in [6.07, 6.45) is 0.619. The van der Waals surface area contributed by atoms with Crippen LogP contribution < -0.4 is 5.32 Å². The highest BCUT2D eigenvalue weighted by Crippen LogP contribution is 2.22. The Morgan fingerprint density at radius 1 is 1.07 bits per heavy atom. The van der Waals surface area contributed by atoms with Crippen molar-refractivity contribution in [3.05, 3.63) is 65.0 Å². The highest BCUT2D eigenvalue weighted by atomic mass is 32.2. The first-order chi connectivity index (χ1) is 13.2. The van der Waals surface area contributed by atoms with Crippen LogP contribution in [-0.4, -0.2) is 31.7 Å². The van der Waals surface area contributed by atoms with E-state index in [4.69, 9.17) is 0 Å². The van der Waals surface area contributed by atoms with Gasteiger partial charge in [0.25, 0.3) is 5.91 Å². The van der Waals surface area contributed by atoms with Crippen molar-refractivity contribution in [1.82, 2.24) is 9.62 Å². The Kier molecular flexibility index (Phi) is 7.32. The number of sulfonamides is 1. The lowest BCUT2D eigenvalue weighted by Crippen LogP contribution is -2.32. The van der Waals surface area contributed by atoms with E-state index in [1.54, 1.807) is 13.8 Å². The summed E-state index contributed by atoms with van der Waals surface area (Å²) < 4.78 is 40.9. The molecule has 2 rings (SSSR count). The van der Waals surface area contributed by atoms with Gasteiger partial charge >= 0.3 is 0 Å². The number of benzene rings is 2. The average molecular weight is 407 g/mol. The summed E-state index contributed by atoms with van der Waals surface area (Å²) in [5.74, 6) is -1.39. The maximum absolute atomic E-state index is 14.3.